The molecule has 0 unspecified atom stereocenters. The number of hydrogen-bond donors (Lipinski definition) is 2. The van der Waals surface area contributed by atoms with Crippen LogP contribution in [0, 0.1) is 25.2 Å². The van der Waals surface area contributed by atoms with E-state index in [2.05, 4.69) is 29.3 Å². The van der Waals surface area contributed by atoms with Crippen molar-refractivity contribution in [3.05, 3.63) is 59.2 Å². The molecule has 2 aromatic rings. The van der Waals surface area contributed by atoms with Gasteiger partial charge in [0.1, 0.15) is 6.04 Å². The number of carbonyl (C=O) groups excluding carboxylic acids is 1. The number of carboxylic acids is 1. The Morgan fingerprint density at radius 3 is 2.56 bits per heavy atom. The monoisotopic (exact) mass is 460 g/mol. The van der Waals surface area contributed by atoms with Crippen LogP contribution in [0.2, 0.25) is 0 Å². The van der Waals surface area contributed by atoms with Crippen LogP contribution < -0.4 is 5.32 Å². The molecule has 5 heteroatoms. The van der Waals surface area contributed by atoms with E-state index in [4.69, 9.17) is 6.42 Å². The van der Waals surface area contributed by atoms with E-state index < -0.39 is 17.9 Å². The van der Waals surface area contributed by atoms with Crippen molar-refractivity contribution in [2.45, 2.75) is 64.5 Å². The summed E-state index contributed by atoms with van der Waals surface area (Å²) < 4.78 is 0. The Hall–Kier alpha value is -3.10. The number of terminal acetylenes is 1. The second-order valence-corrected chi connectivity index (χ2v) is 9.50. The quantitative estimate of drug-likeness (QED) is 0.474. The van der Waals surface area contributed by atoms with Crippen LogP contribution in [0.25, 0.3) is 11.1 Å². The number of carbonyl (C=O) groups is 2. The van der Waals surface area contributed by atoms with Gasteiger partial charge < -0.3 is 15.3 Å². The molecule has 0 aliphatic heterocycles. The number of rotatable bonds is 10. The van der Waals surface area contributed by atoms with E-state index in [1.807, 2.05) is 37.3 Å². The molecule has 3 rings (SSSR count). The Bertz CT molecular complexity index is 1030. The molecule has 1 aliphatic rings. The van der Waals surface area contributed by atoms with Crippen molar-refractivity contribution in [1.29, 1.82) is 0 Å². The van der Waals surface area contributed by atoms with Gasteiger partial charge >= 0.3 is 5.97 Å². The minimum atomic E-state index is -1.14. The smallest absolute Gasteiger partial charge is 0.327 e. The molecule has 1 saturated carbocycles. The molecule has 5 nitrogen and oxygen atoms in total. The minimum Gasteiger partial charge on any atom is -0.480 e. The first kappa shape index (κ1) is 25.5. The third kappa shape index (κ3) is 6.95. The van der Waals surface area contributed by atoms with Crippen LogP contribution in [-0.2, 0) is 11.3 Å². The summed E-state index contributed by atoms with van der Waals surface area (Å²) in [5.41, 5.74) is 4.39. The minimum absolute atomic E-state index is 0.0648. The molecule has 0 saturated heterocycles. The van der Waals surface area contributed by atoms with E-state index >= 15 is 0 Å². The fourth-order valence-corrected chi connectivity index (χ4v) is 4.81. The van der Waals surface area contributed by atoms with E-state index in [1.54, 1.807) is 6.07 Å². The summed E-state index contributed by atoms with van der Waals surface area (Å²) in [6.45, 7) is 3.86. The molecule has 1 amide bonds. The summed E-state index contributed by atoms with van der Waals surface area (Å²) in [5.74, 6) is 1.60. The molecule has 0 heterocycles. The highest BCUT2D eigenvalue weighted by atomic mass is 16.4. The van der Waals surface area contributed by atoms with Crippen molar-refractivity contribution in [1.82, 2.24) is 10.2 Å². The molecular weight excluding hydrogens is 424 g/mol. The lowest BCUT2D eigenvalue weighted by molar-refractivity contribution is -0.139. The Morgan fingerprint density at radius 1 is 1.15 bits per heavy atom. The fourth-order valence-electron chi connectivity index (χ4n) is 4.81. The SMILES string of the molecule is C#CC[C@H](NC(=O)c1ccc(CN(C)CCC2CCCCC2)cc1-c1ccccc1C)C(=O)O. The molecule has 2 N–H and O–H groups in total. The van der Waals surface area contributed by atoms with E-state index in [-0.39, 0.29) is 6.42 Å². The number of amides is 1. The largest absolute Gasteiger partial charge is 0.480 e. The van der Waals surface area contributed by atoms with Gasteiger partial charge in [0.15, 0.2) is 0 Å². The highest BCUT2D eigenvalue weighted by Gasteiger charge is 2.22. The highest BCUT2D eigenvalue weighted by Crippen LogP contribution is 2.29. The first-order valence-electron chi connectivity index (χ1n) is 12.2. The molecule has 1 atom stereocenters. The summed E-state index contributed by atoms with van der Waals surface area (Å²) in [6, 6.07) is 12.6. The number of hydrogen-bond acceptors (Lipinski definition) is 3. The van der Waals surface area contributed by atoms with Crippen LogP contribution in [0.4, 0.5) is 0 Å². The second kappa shape index (κ2) is 12.4. The number of carboxylic acid groups (broad SMARTS) is 1. The van der Waals surface area contributed by atoms with Gasteiger partial charge in [-0.05, 0) is 67.2 Å². The van der Waals surface area contributed by atoms with Crippen molar-refractivity contribution >= 4 is 11.9 Å². The molecule has 34 heavy (non-hydrogen) atoms. The van der Waals surface area contributed by atoms with Gasteiger partial charge in [0.25, 0.3) is 5.91 Å². The molecule has 0 aromatic heterocycles. The molecule has 0 spiro atoms. The van der Waals surface area contributed by atoms with Gasteiger partial charge in [0.2, 0.25) is 0 Å². The van der Waals surface area contributed by atoms with Crippen molar-refractivity contribution in [2.24, 2.45) is 5.92 Å². The summed E-state index contributed by atoms with van der Waals surface area (Å²) in [5, 5.41) is 12.0. The molecule has 1 fully saturated rings. The number of aliphatic carboxylic acids is 1. The number of nitrogens with zero attached hydrogens (tertiary/aromatic N) is 1. The standard InChI is InChI=1S/C29H36N2O3/c1-4-10-27(29(33)34)30-28(32)25-16-15-23(19-26(25)24-14-9-8-11-21(24)2)20-31(3)18-17-22-12-6-5-7-13-22/h1,8-9,11,14-16,19,22,27H,5-7,10,12-13,17-18,20H2,2-3H3,(H,30,32)(H,33,34)/t27-/m0/s1. The highest BCUT2D eigenvalue weighted by molar-refractivity contribution is 6.02. The van der Waals surface area contributed by atoms with Gasteiger partial charge in [-0.1, -0.05) is 62.4 Å². The Labute approximate surface area is 203 Å². The first-order valence-corrected chi connectivity index (χ1v) is 12.2. The Balaban J connectivity index is 1.81. The van der Waals surface area contributed by atoms with Gasteiger partial charge in [-0.2, -0.15) is 0 Å². The lowest BCUT2D eigenvalue weighted by Gasteiger charge is -2.25. The van der Waals surface area contributed by atoms with Gasteiger partial charge in [-0.3, -0.25) is 4.79 Å². The topological polar surface area (TPSA) is 69.6 Å². The Kier molecular flexibility index (Phi) is 9.30. The number of aryl methyl sites for hydroxylation is 1. The van der Waals surface area contributed by atoms with Crippen LogP contribution in [0.1, 0.15) is 66.4 Å². The Morgan fingerprint density at radius 2 is 1.88 bits per heavy atom. The molecule has 2 aromatic carbocycles. The zero-order valence-electron chi connectivity index (χ0n) is 20.3. The first-order chi connectivity index (χ1) is 16.4. The van der Waals surface area contributed by atoms with Crippen LogP contribution >= 0.6 is 0 Å². The van der Waals surface area contributed by atoms with Crippen molar-refractivity contribution in [2.75, 3.05) is 13.6 Å². The lowest BCUT2D eigenvalue weighted by Crippen LogP contribution is -2.40. The molecule has 0 radical (unpaired) electrons. The summed E-state index contributed by atoms with van der Waals surface area (Å²) >= 11 is 0. The van der Waals surface area contributed by atoms with Crippen molar-refractivity contribution < 1.29 is 14.7 Å². The van der Waals surface area contributed by atoms with Crippen LogP contribution in [0.15, 0.2) is 42.5 Å². The van der Waals surface area contributed by atoms with Crippen LogP contribution in [-0.4, -0.2) is 41.5 Å². The van der Waals surface area contributed by atoms with Crippen molar-refractivity contribution in [3.8, 4) is 23.5 Å². The average Bonchev–Trinajstić information content (AvgIpc) is 2.83. The van der Waals surface area contributed by atoms with Crippen molar-refractivity contribution in [3.63, 3.8) is 0 Å². The summed E-state index contributed by atoms with van der Waals surface area (Å²) in [4.78, 5) is 26.9. The number of benzene rings is 2. The van der Waals surface area contributed by atoms with Crippen LogP contribution in [0.5, 0.6) is 0 Å². The van der Waals surface area contributed by atoms with Gasteiger partial charge in [0, 0.05) is 18.5 Å². The summed E-state index contributed by atoms with van der Waals surface area (Å²) in [7, 11) is 2.15. The van der Waals surface area contributed by atoms with E-state index in [0.29, 0.717) is 5.56 Å². The zero-order valence-corrected chi connectivity index (χ0v) is 20.3. The predicted octanol–water partition coefficient (Wildman–Crippen LogP) is 5.27. The van der Waals surface area contributed by atoms with Gasteiger partial charge in [-0.15, -0.1) is 12.3 Å². The maximum atomic E-state index is 13.1. The predicted molar refractivity (Wildman–Crippen MR) is 136 cm³/mol. The normalized spacial score (nSPS) is 15.0. The maximum absolute atomic E-state index is 13.1. The fraction of sp³-hybridized carbons (Fsp3) is 0.448. The maximum Gasteiger partial charge on any atom is 0.327 e. The lowest BCUT2D eigenvalue weighted by atomic mass is 9.87. The van der Waals surface area contributed by atoms with E-state index in [0.717, 1.165) is 41.3 Å². The average molecular weight is 461 g/mol. The third-order valence-corrected chi connectivity index (χ3v) is 6.79. The van der Waals surface area contributed by atoms with Crippen LogP contribution in [0.3, 0.4) is 0 Å². The molecule has 0 bridgehead atoms. The molecular formula is C29H36N2O3. The van der Waals surface area contributed by atoms with Gasteiger partial charge in [0.05, 0.1) is 0 Å². The van der Waals surface area contributed by atoms with E-state index in [9.17, 15) is 14.7 Å². The summed E-state index contributed by atoms with van der Waals surface area (Å²) in [6.07, 6.45) is 13.3. The zero-order chi connectivity index (χ0) is 24.5. The third-order valence-electron chi connectivity index (χ3n) is 6.79. The molecule has 180 valence electrons. The van der Waals surface area contributed by atoms with E-state index in [1.165, 1.54) is 38.5 Å². The van der Waals surface area contributed by atoms with Gasteiger partial charge in [-0.25, -0.2) is 4.79 Å². The second-order valence-electron chi connectivity index (χ2n) is 9.50. The molecule has 1 aliphatic carbocycles. The number of nitrogens with one attached hydrogen (secondary N) is 1.